The van der Waals surface area contributed by atoms with E-state index in [-0.39, 0.29) is 22.9 Å². The molecule has 0 bridgehead atoms. The number of carbonyl (C=O) groups excluding carboxylic acids is 1. The molecule has 0 spiro atoms. The number of benzene rings is 2. The number of aromatic nitrogens is 2. The van der Waals surface area contributed by atoms with Crippen LogP contribution in [0, 0.1) is 0 Å². The van der Waals surface area contributed by atoms with Gasteiger partial charge >= 0.3 is 5.97 Å². The Labute approximate surface area is 148 Å². The van der Waals surface area contributed by atoms with Crippen molar-refractivity contribution in [1.29, 1.82) is 0 Å². The number of nitrogens with zero attached hydrogens (tertiary/aromatic N) is 2. The predicted octanol–water partition coefficient (Wildman–Crippen LogP) is 2.68. The van der Waals surface area contributed by atoms with Gasteiger partial charge in [0.05, 0.1) is 5.39 Å². The fourth-order valence-corrected chi connectivity index (χ4v) is 2.79. The van der Waals surface area contributed by atoms with Crippen LogP contribution >= 0.6 is 0 Å². The molecule has 1 unspecified atom stereocenters. The van der Waals surface area contributed by atoms with Crippen molar-refractivity contribution in [3.63, 3.8) is 0 Å². The zero-order valence-electron chi connectivity index (χ0n) is 14.0. The van der Waals surface area contributed by atoms with Gasteiger partial charge in [-0.2, -0.15) is 5.10 Å². The van der Waals surface area contributed by atoms with Crippen LogP contribution in [0.15, 0.2) is 59.4 Å². The predicted molar refractivity (Wildman–Crippen MR) is 97.4 cm³/mol. The topological polar surface area (TPSA) is 101 Å². The Morgan fingerprint density at radius 3 is 2.31 bits per heavy atom. The van der Waals surface area contributed by atoms with Crippen LogP contribution < -0.4 is 10.9 Å². The van der Waals surface area contributed by atoms with Crippen molar-refractivity contribution < 1.29 is 14.7 Å². The highest BCUT2D eigenvalue weighted by atomic mass is 16.4. The summed E-state index contributed by atoms with van der Waals surface area (Å²) < 4.78 is 0.962. The number of anilines is 1. The van der Waals surface area contributed by atoms with Crippen LogP contribution in [0.5, 0.6) is 0 Å². The lowest BCUT2D eigenvalue weighted by Gasteiger charge is -2.18. The summed E-state index contributed by atoms with van der Waals surface area (Å²) in [6.45, 7) is 1.74. The molecule has 1 heterocycles. The first kappa shape index (κ1) is 17.3. The van der Waals surface area contributed by atoms with Gasteiger partial charge in [-0.1, -0.05) is 43.3 Å². The lowest BCUT2D eigenvalue weighted by Crippen LogP contribution is -2.36. The molecule has 0 fully saturated rings. The molecule has 1 atom stereocenters. The average Bonchev–Trinajstić information content (AvgIpc) is 2.65. The number of hydrogen-bond acceptors (Lipinski definition) is 4. The summed E-state index contributed by atoms with van der Waals surface area (Å²) in [6.07, 6.45) is 0.281. The van der Waals surface area contributed by atoms with Gasteiger partial charge < -0.3 is 10.4 Å². The molecule has 0 radical (unpaired) electrons. The molecule has 26 heavy (non-hydrogen) atoms. The van der Waals surface area contributed by atoms with Crippen molar-refractivity contribution in [1.82, 2.24) is 9.78 Å². The van der Waals surface area contributed by atoms with Crippen LogP contribution in [0.3, 0.4) is 0 Å². The summed E-state index contributed by atoms with van der Waals surface area (Å²) in [5.41, 5.74) is -0.171. The summed E-state index contributed by atoms with van der Waals surface area (Å²) in [7, 11) is 0. The first-order valence-electron chi connectivity index (χ1n) is 8.13. The quantitative estimate of drug-likeness (QED) is 0.736. The lowest BCUT2D eigenvalue weighted by molar-refractivity contribution is -0.119. The number of aromatic carboxylic acids is 1. The maximum absolute atomic E-state index is 12.8. The Morgan fingerprint density at radius 2 is 1.69 bits per heavy atom. The zero-order chi connectivity index (χ0) is 18.7. The molecule has 2 N–H and O–H groups in total. The Bertz CT molecular complexity index is 1030. The highest BCUT2D eigenvalue weighted by Crippen LogP contribution is 2.18. The SMILES string of the molecule is CCC(C(=O)Nc1ccccc1)n1nc(C(=O)O)c2ccccc2c1=O. The van der Waals surface area contributed by atoms with Gasteiger partial charge in [0.1, 0.15) is 6.04 Å². The lowest BCUT2D eigenvalue weighted by atomic mass is 10.1. The number of para-hydroxylation sites is 1. The van der Waals surface area contributed by atoms with Crippen LogP contribution in [0.2, 0.25) is 0 Å². The van der Waals surface area contributed by atoms with E-state index in [1.807, 2.05) is 6.07 Å². The van der Waals surface area contributed by atoms with E-state index in [1.165, 1.54) is 12.1 Å². The number of fused-ring (bicyclic) bond motifs is 1. The number of carboxylic acid groups (broad SMARTS) is 1. The molecule has 0 aliphatic carbocycles. The molecule has 0 aliphatic heterocycles. The molecular weight excluding hydrogens is 334 g/mol. The second-order valence-electron chi connectivity index (χ2n) is 5.73. The van der Waals surface area contributed by atoms with Crippen LogP contribution in [0.25, 0.3) is 10.8 Å². The van der Waals surface area contributed by atoms with E-state index < -0.39 is 23.5 Å². The fraction of sp³-hybridized carbons (Fsp3) is 0.158. The summed E-state index contributed by atoms with van der Waals surface area (Å²) in [4.78, 5) is 37.0. The third kappa shape index (κ3) is 3.19. The summed E-state index contributed by atoms with van der Waals surface area (Å²) in [5, 5.41) is 16.6. The second-order valence-corrected chi connectivity index (χ2v) is 5.73. The number of carboxylic acids is 1. The van der Waals surface area contributed by atoms with E-state index >= 15 is 0 Å². The van der Waals surface area contributed by atoms with E-state index in [4.69, 9.17) is 0 Å². The molecule has 132 valence electrons. The standard InChI is InChI=1S/C19H17N3O4/c1-2-15(17(23)20-12-8-4-3-5-9-12)22-18(24)14-11-7-6-10-13(14)16(21-22)19(25)26/h3-11,15H,2H2,1H3,(H,20,23)(H,25,26). The minimum Gasteiger partial charge on any atom is -0.476 e. The van der Waals surface area contributed by atoms with Crippen LogP contribution in [-0.2, 0) is 4.79 Å². The molecule has 0 saturated heterocycles. The van der Waals surface area contributed by atoms with Gasteiger partial charge in [0.25, 0.3) is 5.56 Å². The molecular formula is C19H17N3O4. The number of carbonyl (C=O) groups is 2. The van der Waals surface area contributed by atoms with E-state index in [2.05, 4.69) is 10.4 Å². The maximum Gasteiger partial charge on any atom is 0.357 e. The third-order valence-electron chi connectivity index (χ3n) is 4.06. The van der Waals surface area contributed by atoms with Crippen molar-refractivity contribution in [2.45, 2.75) is 19.4 Å². The average molecular weight is 351 g/mol. The van der Waals surface area contributed by atoms with Crippen LogP contribution in [0.1, 0.15) is 29.9 Å². The van der Waals surface area contributed by atoms with Gasteiger partial charge in [0.15, 0.2) is 5.69 Å². The van der Waals surface area contributed by atoms with Crippen molar-refractivity contribution in [2.24, 2.45) is 0 Å². The first-order chi connectivity index (χ1) is 12.5. The smallest absolute Gasteiger partial charge is 0.357 e. The molecule has 2 aromatic carbocycles. The Morgan fingerprint density at radius 1 is 1.08 bits per heavy atom. The second kappa shape index (κ2) is 7.18. The minimum absolute atomic E-state index is 0.214. The summed E-state index contributed by atoms with van der Waals surface area (Å²) in [5.74, 6) is -1.69. The van der Waals surface area contributed by atoms with Gasteiger partial charge in [-0.05, 0) is 24.6 Å². The third-order valence-corrected chi connectivity index (χ3v) is 4.06. The molecule has 1 amide bonds. The fourth-order valence-electron chi connectivity index (χ4n) is 2.79. The molecule has 1 aromatic heterocycles. The molecule has 7 heteroatoms. The van der Waals surface area contributed by atoms with E-state index in [0.29, 0.717) is 5.69 Å². The van der Waals surface area contributed by atoms with Crippen molar-refractivity contribution in [3.05, 3.63) is 70.6 Å². The van der Waals surface area contributed by atoms with E-state index in [1.54, 1.807) is 43.3 Å². The molecule has 7 nitrogen and oxygen atoms in total. The number of hydrogen-bond donors (Lipinski definition) is 2. The van der Waals surface area contributed by atoms with Gasteiger partial charge in [-0.15, -0.1) is 0 Å². The monoisotopic (exact) mass is 351 g/mol. The van der Waals surface area contributed by atoms with Crippen molar-refractivity contribution in [3.8, 4) is 0 Å². The van der Waals surface area contributed by atoms with Gasteiger partial charge in [0, 0.05) is 11.1 Å². The number of rotatable bonds is 5. The minimum atomic E-state index is -1.26. The summed E-state index contributed by atoms with van der Waals surface area (Å²) >= 11 is 0. The Balaban J connectivity index is 2.10. The molecule has 3 rings (SSSR count). The zero-order valence-corrected chi connectivity index (χ0v) is 14.0. The van der Waals surface area contributed by atoms with E-state index in [9.17, 15) is 19.5 Å². The highest BCUT2D eigenvalue weighted by molar-refractivity contribution is 6.01. The largest absolute Gasteiger partial charge is 0.476 e. The van der Waals surface area contributed by atoms with Gasteiger partial charge in [-0.25, -0.2) is 9.48 Å². The normalized spacial score (nSPS) is 11.9. The first-order valence-corrected chi connectivity index (χ1v) is 8.13. The van der Waals surface area contributed by atoms with Crippen molar-refractivity contribution >= 4 is 28.3 Å². The Kier molecular flexibility index (Phi) is 4.79. The summed E-state index contributed by atoms with van der Waals surface area (Å²) in [6, 6.07) is 14.2. The van der Waals surface area contributed by atoms with Crippen LogP contribution in [-0.4, -0.2) is 26.8 Å². The highest BCUT2D eigenvalue weighted by Gasteiger charge is 2.24. The number of nitrogens with one attached hydrogen (secondary N) is 1. The molecule has 0 aliphatic rings. The van der Waals surface area contributed by atoms with Gasteiger partial charge in [0.2, 0.25) is 5.91 Å². The molecule has 3 aromatic rings. The van der Waals surface area contributed by atoms with Crippen LogP contribution in [0.4, 0.5) is 5.69 Å². The Hall–Kier alpha value is -3.48. The maximum atomic E-state index is 12.8. The van der Waals surface area contributed by atoms with Crippen molar-refractivity contribution in [2.75, 3.05) is 5.32 Å². The van der Waals surface area contributed by atoms with Gasteiger partial charge in [-0.3, -0.25) is 9.59 Å². The number of amides is 1. The van der Waals surface area contributed by atoms with E-state index in [0.717, 1.165) is 4.68 Å². The molecule has 0 saturated carbocycles.